The Morgan fingerprint density at radius 2 is 2.00 bits per heavy atom. The first kappa shape index (κ1) is 20.4. The molecule has 0 aliphatic carbocycles. The number of hydrogen-bond donors (Lipinski definition) is 2. The minimum Gasteiger partial charge on any atom is -0.483 e. The normalized spacial score (nSPS) is 18.7. The van der Waals surface area contributed by atoms with Crippen LogP contribution >= 0.6 is 0 Å². The highest BCUT2D eigenvalue weighted by Crippen LogP contribution is 2.10. The Morgan fingerprint density at radius 1 is 1.47 bits per heavy atom. The van der Waals surface area contributed by atoms with Crippen LogP contribution in [0.5, 0.6) is 0 Å². The maximum atomic E-state index is 11.6. The zero-order valence-corrected chi connectivity index (χ0v) is 12.8. The molecule has 2 atom stereocenters. The number of carbonyl (C=O) groups excluding carboxylic acids is 1. The highest BCUT2D eigenvalue weighted by atomic mass is 16.5. The average molecular weight is 275 g/mol. The summed E-state index contributed by atoms with van der Waals surface area (Å²) in [6.45, 7) is 11.4. The molecule has 2 unspecified atom stereocenters. The van der Waals surface area contributed by atoms with E-state index < -0.39 is 0 Å². The second-order valence-corrected chi connectivity index (χ2v) is 4.37. The van der Waals surface area contributed by atoms with Gasteiger partial charge in [0.05, 0.1) is 12.6 Å². The summed E-state index contributed by atoms with van der Waals surface area (Å²) in [5.74, 6) is 0.676. The molecular weight excluding hydrogens is 246 g/mol. The van der Waals surface area contributed by atoms with Gasteiger partial charge in [0.2, 0.25) is 0 Å². The number of carbonyl (C=O) groups is 2. The summed E-state index contributed by atoms with van der Waals surface area (Å²) in [4.78, 5) is 20.0. The van der Waals surface area contributed by atoms with Crippen molar-refractivity contribution in [3.8, 4) is 0 Å². The summed E-state index contributed by atoms with van der Waals surface area (Å²) >= 11 is 0. The van der Waals surface area contributed by atoms with Crippen LogP contribution in [0.2, 0.25) is 0 Å². The number of ketones is 1. The second kappa shape index (κ2) is 13.5. The van der Waals surface area contributed by atoms with Gasteiger partial charge in [-0.1, -0.05) is 34.6 Å². The van der Waals surface area contributed by atoms with Crippen molar-refractivity contribution in [2.45, 2.75) is 59.5 Å². The van der Waals surface area contributed by atoms with Crippen LogP contribution in [-0.2, 0) is 14.3 Å². The zero-order valence-electron chi connectivity index (χ0n) is 12.8. The Balaban J connectivity index is 0. The van der Waals surface area contributed by atoms with E-state index in [0.717, 1.165) is 19.6 Å². The molecule has 1 aliphatic rings. The third-order valence-electron chi connectivity index (χ3n) is 2.71. The first-order chi connectivity index (χ1) is 9.06. The fraction of sp³-hybridized carbons (Fsp3) is 0.857. The van der Waals surface area contributed by atoms with E-state index in [-0.39, 0.29) is 12.5 Å². The van der Waals surface area contributed by atoms with E-state index in [1.54, 1.807) is 0 Å². The topological polar surface area (TPSA) is 75.6 Å². The molecule has 0 aromatic heterocycles. The number of nitrogens with one attached hydrogen (secondary N) is 1. The number of Topliss-reactive ketones (excluding diaryl/α,β-unsaturated/α-hetero) is 1. The van der Waals surface area contributed by atoms with E-state index in [1.165, 1.54) is 0 Å². The Kier molecular flexibility index (Phi) is 14.5. The highest BCUT2D eigenvalue weighted by molar-refractivity contribution is 5.84. The Hall–Kier alpha value is -0.940. The van der Waals surface area contributed by atoms with Gasteiger partial charge < -0.3 is 15.2 Å². The standard InChI is InChI=1S/C11H21NO2.C2H6.CH2O2/c1-4-10(13)11(8(2)3)12-9-5-6-14-7-9;1-2;2-1-3/h8-9,11-12H,4-7H2,1-3H3;1-2H3;1H,(H,2,3). The molecule has 1 saturated heterocycles. The Labute approximate surface area is 116 Å². The van der Waals surface area contributed by atoms with E-state index in [2.05, 4.69) is 19.2 Å². The van der Waals surface area contributed by atoms with Crippen LogP contribution in [0, 0.1) is 5.92 Å². The third-order valence-corrected chi connectivity index (χ3v) is 2.71. The molecule has 0 bridgehead atoms. The highest BCUT2D eigenvalue weighted by Gasteiger charge is 2.25. The smallest absolute Gasteiger partial charge is 0.290 e. The van der Waals surface area contributed by atoms with Crippen LogP contribution < -0.4 is 5.32 Å². The van der Waals surface area contributed by atoms with E-state index in [1.807, 2.05) is 20.8 Å². The van der Waals surface area contributed by atoms with Gasteiger partial charge in [0.25, 0.3) is 6.47 Å². The van der Waals surface area contributed by atoms with Gasteiger partial charge >= 0.3 is 0 Å². The van der Waals surface area contributed by atoms with Gasteiger partial charge in [0, 0.05) is 19.1 Å². The van der Waals surface area contributed by atoms with Crippen LogP contribution in [0.1, 0.15) is 47.5 Å². The molecule has 0 aromatic carbocycles. The number of hydrogen-bond acceptors (Lipinski definition) is 4. The Bertz CT molecular complexity index is 225. The van der Waals surface area contributed by atoms with Crippen molar-refractivity contribution in [3.05, 3.63) is 0 Å². The van der Waals surface area contributed by atoms with Gasteiger partial charge in [0.15, 0.2) is 0 Å². The van der Waals surface area contributed by atoms with Crippen molar-refractivity contribution in [1.29, 1.82) is 0 Å². The summed E-state index contributed by atoms with van der Waals surface area (Å²) in [6, 6.07) is 0.379. The lowest BCUT2D eigenvalue weighted by molar-refractivity contribution is -0.123. The first-order valence-corrected chi connectivity index (χ1v) is 7.01. The molecule has 0 aromatic rings. The van der Waals surface area contributed by atoms with Crippen LogP contribution in [-0.4, -0.2) is 42.7 Å². The van der Waals surface area contributed by atoms with E-state index in [0.29, 0.717) is 24.2 Å². The quantitative estimate of drug-likeness (QED) is 0.751. The van der Waals surface area contributed by atoms with Crippen molar-refractivity contribution in [2.24, 2.45) is 5.92 Å². The monoisotopic (exact) mass is 275 g/mol. The Morgan fingerprint density at radius 3 is 2.32 bits per heavy atom. The summed E-state index contributed by atoms with van der Waals surface area (Å²) < 4.78 is 5.28. The van der Waals surface area contributed by atoms with Gasteiger partial charge in [-0.05, 0) is 12.3 Å². The molecule has 0 radical (unpaired) electrons. The molecule has 114 valence electrons. The summed E-state index contributed by atoms with van der Waals surface area (Å²) in [7, 11) is 0. The van der Waals surface area contributed by atoms with E-state index in [4.69, 9.17) is 14.6 Å². The average Bonchev–Trinajstić information content (AvgIpc) is 2.91. The largest absolute Gasteiger partial charge is 0.483 e. The van der Waals surface area contributed by atoms with Crippen molar-refractivity contribution in [2.75, 3.05) is 13.2 Å². The lowest BCUT2D eigenvalue weighted by Gasteiger charge is -2.23. The molecule has 1 heterocycles. The minimum atomic E-state index is -0.250. The van der Waals surface area contributed by atoms with E-state index in [9.17, 15) is 4.79 Å². The maximum absolute atomic E-state index is 11.6. The van der Waals surface area contributed by atoms with Gasteiger partial charge in [-0.2, -0.15) is 0 Å². The molecule has 0 saturated carbocycles. The van der Waals surface area contributed by atoms with Gasteiger partial charge in [0.1, 0.15) is 5.78 Å². The summed E-state index contributed by atoms with van der Waals surface area (Å²) in [6.07, 6.45) is 1.64. The molecular formula is C14H29NO4. The second-order valence-electron chi connectivity index (χ2n) is 4.37. The lowest BCUT2D eigenvalue weighted by Crippen LogP contribution is -2.46. The van der Waals surface area contributed by atoms with Crippen LogP contribution in [0.25, 0.3) is 0 Å². The molecule has 1 aliphatic heterocycles. The molecule has 0 amide bonds. The molecule has 19 heavy (non-hydrogen) atoms. The van der Waals surface area contributed by atoms with E-state index >= 15 is 0 Å². The van der Waals surface area contributed by atoms with Crippen molar-refractivity contribution in [1.82, 2.24) is 5.32 Å². The zero-order chi connectivity index (χ0) is 15.3. The first-order valence-electron chi connectivity index (χ1n) is 7.01. The molecule has 5 heteroatoms. The molecule has 5 nitrogen and oxygen atoms in total. The van der Waals surface area contributed by atoms with Gasteiger partial charge in [-0.25, -0.2) is 0 Å². The van der Waals surface area contributed by atoms with Crippen molar-refractivity contribution < 1.29 is 19.4 Å². The molecule has 1 fully saturated rings. The maximum Gasteiger partial charge on any atom is 0.290 e. The molecule has 1 rings (SSSR count). The van der Waals surface area contributed by atoms with Crippen LogP contribution in [0.4, 0.5) is 0 Å². The molecule has 2 N–H and O–H groups in total. The number of carboxylic acid groups (broad SMARTS) is 1. The van der Waals surface area contributed by atoms with Gasteiger partial charge in [-0.3, -0.25) is 9.59 Å². The lowest BCUT2D eigenvalue weighted by atomic mass is 9.97. The predicted molar refractivity (Wildman–Crippen MR) is 76.3 cm³/mol. The third kappa shape index (κ3) is 9.62. The summed E-state index contributed by atoms with van der Waals surface area (Å²) in [5.41, 5.74) is 0. The summed E-state index contributed by atoms with van der Waals surface area (Å²) in [5, 5.41) is 10.3. The minimum absolute atomic E-state index is 0.00620. The SMILES string of the molecule is CC.CCC(=O)C(NC1CCOC1)C(C)C.O=CO. The van der Waals surface area contributed by atoms with Crippen molar-refractivity contribution in [3.63, 3.8) is 0 Å². The molecule has 0 spiro atoms. The number of ether oxygens (including phenoxy) is 1. The fourth-order valence-corrected chi connectivity index (χ4v) is 1.80. The van der Waals surface area contributed by atoms with Crippen molar-refractivity contribution >= 4 is 12.3 Å². The number of rotatable bonds is 5. The fourth-order valence-electron chi connectivity index (χ4n) is 1.80. The predicted octanol–water partition coefficient (Wildman–Crippen LogP) is 2.10. The van der Waals surface area contributed by atoms with Gasteiger partial charge in [-0.15, -0.1) is 0 Å². The van der Waals surface area contributed by atoms with Crippen LogP contribution in [0.15, 0.2) is 0 Å². The van der Waals surface area contributed by atoms with Crippen LogP contribution in [0.3, 0.4) is 0 Å².